The molecular weight excluding hydrogens is 284 g/mol. The maximum atomic E-state index is 12.3. The minimum absolute atomic E-state index is 0.0314. The van der Waals surface area contributed by atoms with Gasteiger partial charge in [0.2, 0.25) is 0 Å². The zero-order valence-electron chi connectivity index (χ0n) is 11.9. The lowest BCUT2D eigenvalue weighted by atomic mass is 10.1. The van der Waals surface area contributed by atoms with Crippen LogP contribution in [0.5, 0.6) is 11.5 Å². The van der Waals surface area contributed by atoms with Gasteiger partial charge in [0, 0.05) is 17.7 Å². The average molecular weight is 298 g/mol. The Bertz CT molecular complexity index is 895. The Balaban J connectivity index is 2.29. The van der Waals surface area contributed by atoms with Crippen molar-refractivity contribution < 1.29 is 19.4 Å². The number of hydrogen-bond acceptors (Lipinski definition) is 5. The Labute approximate surface area is 126 Å². The summed E-state index contributed by atoms with van der Waals surface area (Å²) in [5.41, 5.74) is 1.03. The van der Waals surface area contributed by atoms with Crippen molar-refractivity contribution in [3.63, 3.8) is 0 Å². The number of phenolic OH excluding ortho intramolecular Hbond substituents is 1. The van der Waals surface area contributed by atoms with E-state index in [-0.39, 0.29) is 23.5 Å². The van der Waals surface area contributed by atoms with Gasteiger partial charge >= 0.3 is 0 Å². The molecule has 1 aromatic heterocycles. The summed E-state index contributed by atoms with van der Waals surface area (Å²) < 4.78 is 10.9. The fourth-order valence-corrected chi connectivity index (χ4v) is 2.36. The number of rotatable bonds is 3. The Kier molecular flexibility index (Phi) is 3.56. The molecule has 0 saturated carbocycles. The highest BCUT2D eigenvalue weighted by Crippen LogP contribution is 2.31. The van der Waals surface area contributed by atoms with Crippen molar-refractivity contribution in [2.75, 3.05) is 7.11 Å². The van der Waals surface area contributed by atoms with Crippen molar-refractivity contribution in [1.29, 1.82) is 0 Å². The van der Waals surface area contributed by atoms with Gasteiger partial charge in [-0.15, -0.1) is 0 Å². The Morgan fingerprint density at radius 1 is 1.18 bits per heavy atom. The van der Waals surface area contributed by atoms with E-state index >= 15 is 0 Å². The molecule has 2 N–H and O–H groups in total. The highest BCUT2D eigenvalue weighted by molar-refractivity contribution is 5.82. The number of aliphatic hydroxyl groups excluding tert-OH is 1. The van der Waals surface area contributed by atoms with E-state index < -0.39 is 0 Å². The van der Waals surface area contributed by atoms with E-state index in [9.17, 15) is 15.0 Å². The van der Waals surface area contributed by atoms with Gasteiger partial charge in [-0.2, -0.15) is 0 Å². The molecule has 0 atom stereocenters. The molecule has 0 unspecified atom stereocenters. The predicted octanol–water partition coefficient (Wildman–Crippen LogP) is 2.67. The molecule has 112 valence electrons. The monoisotopic (exact) mass is 298 g/mol. The molecule has 5 heteroatoms. The average Bonchev–Trinajstić information content (AvgIpc) is 2.54. The molecular formula is C17H14O5. The number of benzene rings is 2. The summed E-state index contributed by atoms with van der Waals surface area (Å²) in [4.78, 5) is 12.3. The van der Waals surface area contributed by atoms with Gasteiger partial charge in [-0.05, 0) is 18.2 Å². The standard InChI is InChI=1S/C17H14O5/c1-21-15-8-17-12(6-10(15)9-18)14(20)7-16(22-17)11-4-2-3-5-13(11)19/h2-8,18-19H,9H2,1H3. The van der Waals surface area contributed by atoms with E-state index in [0.29, 0.717) is 27.8 Å². The number of phenols is 1. The summed E-state index contributed by atoms with van der Waals surface area (Å²) in [6.45, 7) is -0.236. The number of methoxy groups -OCH3 is 1. The first-order valence-corrected chi connectivity index (χ1v) is 6.68. The van der Waals surface area contributed by atoms with Crippen molar-refractivity contribution in [2.45, 2.75) is 6.61 Å². The van der Waals surface area contributed by atoms with Gasteiger partial charge in [0.05, 0.1) is 24.7 Å². The predicted molar refractivity (Wildman–Crippen MR) is 82.1 cm³/mol. The molecule has 0 bridgehead atoms. The largest absolute Gasteiger partial charge is 0.507 e. The lowest BCUT2D eigenvalue weighted by Gasteiger charge is -2.09. The third kappa shape index (κ3) is 2.31. The second-order valence-electron chi connectivity index (χ2n) is 4.81. The van der Waals surface area contributed by atoms with E-state index in [2.05, 4.69) is 0 Å². The summed E-state index contributed by atoms with van der Waals surface area (Å²) >= 11 is 0. The minimum atomic E-state index is -0.253. The topological polar surface area (TPSA) is 79.9 Å². The molecule has 0 spiro atoms. The van der Waals surface area contributed by atoms with Crippen LogP contribution in [0.1, 0.15) is 5.56 Å². The molecule has 0 saturated heterocycles. The fraction of sp³-hybridized carbons (Fsp3) is 0.118. The SMILES string of the molecule is COc1cc2oc(-c3ccccc3O)cc(=O)c2cc1CO. The molecule has 0 aliphatic carbocycles. The van der Waals surface area contributed by atoms with E-state index in [4.69, 9.17) is 9.15 Å². The van der Waals surface area contributed by atoms with Gasteiger partial charge in [0.15, 0.2) is 5.43 Å². The fourth-order valence-electron chi connectivity index (χ4n) is 2.36. The lowest BCUT2D eigenvalue weighted by Crippen LogP contribution is -2.02. The molecule has 5 nitrogen and oxygen atoms in total. The first kappa shape index (κ1) is 14.2. The van der Waals surface area contributed by atoms with E-state index in [1.54, 1.807) is 30.3 Å². The Morgan fingerprint density at radius 2 is 1.95 bits per heavy atom. The molecule has 22 heavy (non-hydrogen) atoms. The first-order chi connectivity index (χ1) is 10.6. The third-order valence-corrected chi connectivity index (χ3v) is 3.47. The number of hydrogen-bond donors (Lipinski definition) is 2. The van der Waals surface area contributed by atoms with Crippen LogP contribution in [-0.2, 0) is 6.61 Å². The van der Waals surface area contributed by atoms with Crippen LogP contribution in [-0.4, -0.2) is 17.3 Å². The number of ether oxygens (including phenoxy) is 1. The van der Waals surface area contributed by atoms with Gasteiger partial charge in [0.25, 0.3) is 0 Å². The summed E-state index contributed by atoms with van der Waals surface area (Å²) in [6, 6.07) is 11.1. The zero-order valence-corrected chi connectivity index (χ0v) is 11.9. The highest BCUT2D eigenvalue weighted by Gasteiger charge is 2.13. The van der Waals surface area contributed by atoms with E-state index in [1.807, 2.05) is 0 Å². The minimum Gasteiger partial charge on any atom is -0.507 e. The van der Waals surface area contributed by atoms with Crippen LogP contribution in [0.2, 0.25) is 0 Å². The van der Waals surface area contributed by atoms with Crippen molar-refractivity contribution in [2.24, 2.45) is 0 Å². The Hall–Kier alpha value is -2.79. The van der Waals surface area contributed by atoms with Gasteiger partial charge in [-0.25, -0.2) is 0 Å². The van der Waals surface area contributed by atoms with Gasteiger partial charge < -0.3 is 19.4 Å². The zero-order chi connectivity index (χ0) is 15.7. The van der Waals surface area contributed by atoms with Crippen LogP contribution in [0.15, 0.2) is 51.7 Å². The summed E-state index contributed by atoms with van der Waals surface area (Å²) in [5.74, 6) is 0.742. The number of para-hydroxylation sites is 1. The molecule has 0 aliphatic heterocycles. The summed E-state index contributed by atoms with van der Waals surface area (Å²) in [5, 5.41) is 19.6. The number of fused-ring (bicyclic) bond motifs is 1. The second kappa shape index (κ2) is 5.54. The van der Waals surface area contributed by atoms with E-state index in [1.165, 1.54) is 19.2 Å². The molecule has 0 fully saturated rings. The van der Waals surface area contributed by atoms with Crippen LogP contribution in [0, 0.1) is 0 Å². The van der Waals surface area contributed by atoms with E-state index in [0.717, 1.165) is 0 Å². The van der Waals surface area contributed by atoms with Crippen LogP contribution in [0.25, 0.3) is 22.3 Å². The van der Waals surface area contributed by atoms with Crippen LogP contribution >= 0.6 is 0 Å². The molecule has 0 amide bonds. The van der Waals surface area contributed by atoms with Crippen LogP contribution in [0.4, 0.5) is 0 Å². The number of aromatic hydroxyl groups is 1. The summed E-state index contributed by atoms with van der Waals surface area (Å²) in [6.07, 6.45) is 0. The molecule has 1 heterocycles. The second-order valence-corrected chi connectivity index (χ2v) is 4.81. The van der Waals surface area contributed by atoms with Gasteiger partial charge in [0.1, 0.15) is 22.8 Å². The van der Waals surface area contributed by atoms with Crippen molar-refractivity contribution in [1.82, 2.24) is 0 Å². The summed E-state index contributed by atoms with van der Waals surface area (Å²) in [7, 11) is 1.48. The maximum absolute atomic E-state index is 12.3. The van der Waals surface area contributed by atoms with Crippen LogP contribution in [0.3, 0.4) is 0 Å². The lowest BCUT2D eigenvalue weighted by molar-refractivity contribution is 0.274. The van der Waals surface area contributed by atoms with Crippen molar-refractivity contribution in [3.05, 3.63) is 58.3 Å². The van der Waals surface area contributed by atoms with Gasteiger partial charge in [-0.1, -0.05) is 12.1 Å². The quantitative estimate of drug-likeness (QED) is 0.777. The normalized spacial score (nSPS) is 10.8. The van der Waals surface area contributed by atoms with Crippen LogP contribution < -0.4 is 10.2 Å². The smallest absolute Gasteiger partial charge is 0.193 e. The molecule has 3 aromatic rings. The molecule has 0 radical (unpaired) electrons. The van der Waals surface area contributed by atoms with Crippen molar-refractivity contribution >= 4 is 11.0 Å². The molecule has 3 rings (SSSR count). The Morgan fingerprint density at radius 3 is 2.64 bits per heavy atom. The number of aliphatic hydroxyl groups is 1. The first-order valence-electron chi connectivity index (χ1n) is 6.68. The third-order valence-electron chi connectivity index (χ3n) is 3.47. The van der Waals surface area contributed by atoms with Crippen molar-refractivity contribution in [3.8, 4) is 22.8 Å². The van der Waals surface area contributed by atoms with Gasteiger partial charge in [-0.3, -0.25) is 4.79 Å². The maximum Gasteiger partial charge on any atom is 0.193 e. The highest BCUT2D eigenvalue weighted by atomic mass is 16.5. The molecule has 2 aromatic carbocycles. The molecule has 0 aliphatic rings.